The lowest BCUT2D eigenvalue weighted by molar-refractivity contribution is 0.763. The summed E-state index contributed by atoms with van der Waals surface area (Å²) >= 11 is 5.84. The smallest absolute Gasteiger partial charge is 0.0407 e. The van der Waals surface area contributed by atoms with Gasteiger partial charge in [0.15, 0.2) is 0 Å². The third-order valence-corrected chi connectivity index (χ3v) is 3.16. The van der Waals surface area contributed by atoms with Crippen LogP contribution in [0.3, 0.4) is 0 Å². The zero-order valence-electron chi connectivity index (χ0n) is 10.4. The molecule has 1 N–H and O–H groups in total. The van der Waals surface area contributed by atoms with E-state index in [4.69, 9.17) is 11.6 Å². The van der Waals surface area contributed by atoms with Crippen LogP contribution in [0.5, 0.6) is 0 Å². The fourth-order valence-electron chi connectivity index (χ4n) is 1.90. The molecule has 0 bridgehead atoms. The molecular formula is C16H18ClN. The molecule has 0 saturated carbocycles. The fraction of sp³-hybridized carbons (Fsp3) is 0.250. The molecule has 0 aromatic heterocycles. The van der Waals surface area contributed by atoms with E-state index in [1.54, 1.807) is 0 Å². The van der Waals surface area contributed by atoms with Crippen LogP contribution in [-0.4, -0.2) is 6.54 Å². The van der Waals surface area contributed by atoms with E-state index in [2.05, 4.69) is 35.6 Å². The Balaban J connectivity index is 1.63. The first-order chi connectivity index (χ1) is 8.84. The number of nitrogens with one attached hydrogen (secondary N) is 1. The monoisotopic (exact) mass is 259 g/mol. The molecule has 0 amide bonds. The normalized spacial score (nSPS) is 10.3. The largest absolute Gasteiger partial charge is 0.385 e. The van der Waals surface area contributed by atoms with Crippen molar-refractivity contribution >= 4 is 17.3 Å². The third-order valence-electron chi connectivity index (χ3n) is 2.91. The van der Waals surface area contributed by atoms with Gasteiger partial charge in [-0.2, -0.15) is 0 Å². The Morgan fingerprint density at radius 1 is 0.833 bits per heavy atom. The summed E-state index contributed by atoms with van der Waals surface area (Å²) in [5.74, 6) is 0. The van der Waals surface area contributed by atoms with Crippen LogP contribution in [0, 0.1) is 0 Å². The van der Waals surface area contributed by atoms with E-state index < -0.39 is 0 Å². The van der Waals surface area contributed by atoms with E-state index in [9.17, 15) is 0 Å². The van der Waals surface area contributed by atoms with Gasteiger partial charge in [0.1, 0.15) is 0 Å². The maximum absolute atomic E-state index is 5.84. The summed E-state index contributed by atoms with van der Waals surface area (Å²) in [4.78, 5) is 0. The summed E-state index contributed by atoms with van der Waals surface area (Å²) in [6.07, 6.45) is 3.55. The van der Waals surface area contributed by atoms with Gasteiger partial charge in [0.05, 0.1) is 0 Å². The average molecular weight is 260 g/mol. The second kappa shape index (κ2) is 7.07. The lowest BCUT2D eigenvalue weighted by atomic mass is 10.1. The summed E-state index contributed by atoms with van der Waals surface area (Å²) in [5, 5.41) is 4.18. The van der Waals surface area contributed by atoms with Crippen LogP contribution < -0.4 is 5.32 Å². The number of rotatable bonds is 6. The number of hydrogen-bond donors (Lipinski definition) is 1. The van der Waals surface area contributed by atoms with Gasteiger partial charge in [-0.05, 0) is 49.1 Å². The zero-order valence-corrected chi connectivity index (χ0v) is 11.2. The molecule has 2 aromatic carbocycles. The highest BCUT2D eigenvalue weighted by molar-refractivity contribution is 6.30. The van der Waals surface area contributed by atoms with Gasteiger partial charge in [0.25, 0.3) is 0 Å². The Morgan fingerprint density at radius 2 is 1.56 bits per heavy atom. The Bertz CT molecular complexity index is 450. The number of halogens is 1. The van der Waals surface area contributed by atoms with Crippen LogP contribution >= 0.6 is 11.6 Å². The van der Waals surface area contributed by atoms with E-state index in [0.29, 0.717) is 0 Å². The number of unbranched alkanes of at least 4 members (excludes halogenated alkanes) is 1. The first kappa shape index (κ1) is 13.0. The van der Waals surface area contributed by atoms with Gasteiger partial charge in [-0.3, -0.25) is 0 Å². The van der Waals surface area contributed by atoms with Gasteiger partial charge in [0, 0.05) is 17.3 Å². The van der Waals surface area contributed by atoms with Gasteiger partial charge in [-0.25, -0.2) is 0 Å². The number of anilines is 1. The minimum Gasteiger partial charge on any atom is -0.385 e. The molecule has 0 saturated heterocycles. The second-order valence-corrected chi connectivity index (χ2v) is 4.81. The molecule has 0 aliphatic rings. The maximum Gasteiger partial charge on any atom is 0.0407 e. The van der Waals surface area contributed by atoms with Gasteiger partial charge >= 0.3 is 0 Å². The Labute approximate surface area is 114 Å². The Kier molecular flexibility index (Phi) is 5.10. The molecule has 1 nitrogen and oxygen atoms in total. The first-order valence-electron chi connectivity index (χ1n) is 6.38. The van der Waals surface area contributed by atoms with Gasteiger partial charge in [0.2, 0.25) is 0 Å². The lowest BCUT2D eigenvalue weighted by Gasteiger charge is -2.06. The molecule has 18 heavy (non-hydrogen) atoms. The van der Waals surface area contributed by atoms with Crippen LogP contribution in [0.2, 0.25) is 5.02 Å². The van der Waals surface area contributed by atoms with Crippen molar-refractivity contribution in [3.8, 4) is 0 Å². The van der Waals surface area contributed by atoms with Crippen molar-refractivity contribution in [1.29, 1.82) is 0 Å². The summed E-state index contributed by atoms with van der Waals surface area (Å²) in [7, 11) is 0. The number of benzene rings is 2. The highest BCUT2D eigenvalue weighted by Gasteiger charge is 1.94. The molecule has 2 rings (SSSR count). The van der Waals surface area contributed by atoms with Crippen LogP contribution in [0.4, 0.5) is 5.69 Å². The van der Waals surface area contributed by atoms with Crippen molar-refractivity contribution < 1.29 is 0 Å². The second-order valence-electron chi connectivity index (χ2n) is 4.38. The Morgan fingerprint density at radius 3 is 2.28 bits per heavy atom. The summed E-state index contributed by atoms with van der Waals surface area (Å²) in [6.45, 7) is 1.01. The summed E-state index contributed by atoms with van der Waals surface area (Å²) in [5.41, 5.74) is 2.56. The number of hydrogen-bond acceptors (Lipinski definition) is 1. The SMILES string of the molecule is Clc1ccc(NCCCCc2ccccc2)cc1. The minimum atomic E-state index is 0.782. The number of aryl methyl sites for hydroxylation is 1. The van der Waals surface area contributed by atoms with Crippen molar-refractivity contribution in [3.05, 3.63) is 65.2 Å². The lowest BCUT2D eigenvalue weighted by Crippen LogP contribution is -2.01. The van der Waals surface area contributed by atoms with Crippen LogP contribution in [0.1, 0.15) is 18.4 Å². The molecule has 0 unspecified atom stereocenters. The molecule has 2 heteroatoms. The fourth-order valence-corrected chi connectivity index (χ4v) is 2.03. The van der Waals surface area contributed by atoms with Crippen LogP contribution in [-0.2, 0) is 6.42 Å². The molecule has 0 atom stereocenters. The zero-order chi connectivity index (χ0) is 12.6. The van der Waals surface area contributed by atoms with Gasteiger partial charge in [-0.15, -0.1) is 0 Å². The first-order valence-corrected chi connectivity index (χ1v) is 6.76. The van der Waals surface area contributed by atoms with Crippen molar-refractivity contribution in [3.63, 3.8) is 0 Å². The van der Waals surface area contributed by atoms with Gasteiger partial charge < -0.3 is 5.32 Å². The predicted molar refractivity (Wildman–Crippen MR) is 79.3 cm³/mol. The highest BCUT2D eigenvalue weighted by atomic mass is 35.5. The molecule has 0 fully saturated rings. The Hall–Kier alpha value is -1.47. The van der Waals surface area contributed by atoms with E-state index in [0.717, 1.165) is 23.7 Å². The van der Waals surface area contributed by atoms with E-state index in [1.165, 1.54) is 18.4 Å². The van der Waals surface area contributed by atoms with E-state index in [1.807, 2.05) is 24.3 Å². The molecule has 0 aliphatic heterocycles. The molecule has 0 heterocycles. The summed E-state index contributed by atoms with van der Waals surface area (Å²) in [6, 6.07) is 18.5. The summed E-state index contributed by atoms with van der Waals surface area (Å²) < 4.78 is 0. The maximum atomic E-state index is 5.84. The van der Waals surface area contributed by atoms with Crippen molar-refractivity contribution in [2.75, 3.05) is 11.9 Å². The quantitative estimate of drug-likeness (QED) is 0.737. The minimum absolute atomic E-state index is 0.782. The molecule has 94 valence electrons. The van der Waals surface area contributed by atoms with Crippen LogP contribution in [0.15, 0.2) is 54.6 Å². The molecule has 0 radical (unpaired) electrons. The van der Waals surface area contributed by atoms with E-state index >= 15 is 0 Å². The molecular weight excluding hydrogens is 242 g/mol. The van der Waals surface area contributed by atoms with Crippen molar-refractivity contribution in [2.45, 2.75) is 19.3 Å². The third kappa shape index (κ3) is 4.42. The molecule has 0 spiro atoms. The standard InChI is InChI=1S/C16H18ClN/c17-15-9-11-16(12-10-15)18-13-5-4-8-14-6-2-1-3-7-14/h1-3,6-7,9-12,18H,4-5,8,13H2. The highest BCUT2D eigenvalue weighted by Crippen LogP contribution is 2.13. The van der Waals surface area contributed by atoms with Crippen molar-refractivity contribution in [2.24, 2.45) is 0 Å². The molecule has 2 aromatic rings. The van der Waals surface area contributed by atoms with Gasteiger partial charge in [-0.1, -0.05) is 41.9 Å². The molecule has 0 aliphatic carbocycles. The topological polar surface area (TPSA) is 12.0 Å². The van der Waals surface area contributed by atoms with Crippen molar-refractivity contribution in [1.82, 2.24) is 0 Å². The average Bonchev–Trinajstić information content (AvgIpc) is 2.42. The predicted octanol–water partition coefficient (Wildman–Crippen LogP) is 4.77. The van der Waals surface area contributed by atoms with E-state index in [-0.39, 0.29) is 0 Å². The van der Waals surface area contributed by atoms with Crippen LogP contribution in [0.25, 0.3) is 0 Å².